The van der Waals surface area contributed by atoms with Gasteiger partial charge in [-0.25, -0.2) is 0 Å². The van der Waals surface area contributed by atoms with E-state index in [2.05, 4.69) is 19.2 Å². The fourth-order valence-electron chi connectivity index (χ4n) is 2.94. The van der Waals surface area contributed by atoms with Crippen molar-refractivity contribution in [3.05, 3.63) is 0 Å². The number of carbonyl (C=O) groups excluding carboxylic acids is 1. The smallest absolute Gasteiger partial charge is 0.225 e. The van der Waals surface area contributed by atoms with Gasteiger partial charge in [0.1, 0.15) is 0 Å². The Morgan fingerprint density at radius 2 is 1.94 bits per heavy atom. The molecule has 2 atom stereocenters. The molecule has 1 saturated carbocycles. The predicted octanol–water partition coefficient (Wildman–Crippen LogP) is 1.15. The van der Waals surface area contributed by atoms with Crippen LogP contribution >= 0.6 is 0 Å². The monoisotopic (exact) mass is 240 g/mol. The molecule has 2 fully saturated rings. The molecule has 0 bridgehead atoms. The first-order chi connectivity index (χ1) is 8.04. The van der Waals surface area contributed by atoms with Gasteiger partial charge in [-0.1, -0.05) is 0 Å². The lowest BCUT2D eigenvalue weighted by molar-refractivity contribution is -0.145. The van der Waals surface area contributed by atoms with Gasteiger partial charge in [0, 0.05) is 32.3 Å². The van der Waals surface area contributed by atoms with Crippen LogP contribution in [0.25, 0.3) is 0 Å². The van der Waals surface area contributed by atoms with Gasteiger partial charge in [-0.3, -0.25) is 4.79 Å². The van der Waals surface area contributed by atoms with Gasteiger partial charge in [0.2, 0.25) is 5.91 Å². The Morgan fingerprint density at radius 1 is 1.35 bits per heavy atom. The lowest BCUT2D eigenvalue weighted by Gasteiger charge is -2.43. The maximum atomic E-state index is 12.3. The van der Waals surface area contributed by atoms with E-state index in [9.17, 15) is 4.79 Å². The molecule has 1 aliphatic heterocycles. The molecule has 2 rings (SSSR count). The molecule has 1 amide bonds. The minimum Gasteiger partial charge on any atom is -0.378 e. The molecule has 0 aromatic carbocycles. The van der Waals surface area contributed by atoms with Crippen molar-refractivity contribution in [1.82, 2.24) is 10.2 Å². The Bertz CT molecular complexity index is 274. The van der Waals surface area contributed by atoms with Crippen LogP contribution in [0.15, 0.2) is 0 Å². The number of carbonyl (C=O) groups is 1. The van der Waals surface area contributed by atoms with E-state index in [4.69, 9.17) is 4.74 Å². The number of nitrogens with one attached hydrogen (secondary N) is 1. The van der Waals surface area contributed by atoms with Crippen LogP contribution in [0.2, 0.25) is 0 Å². The third kappa shape index (κ3) is 2.80. The standard InChI is InChI=1S/C13H24N2O2/c1-10-8-15(9-11(2)14-10)12(16)7-13(17-3)5-4-6-13/h10-11,14H,4-9H2,1-3H3. The zero-order chi connectivity index (χ0) is 12.5. The van der Waals surface area contributed by atoms with Crippen LogP contribution in [0.5, 0.6) is 0 Å². The molecule has 0 aromatic heterocycles. The van der Waals surface area contributed by atoms with E-state index in [0.717, 1.165) is 25.9 Å². The predicted molar refractivity (Wildman–Crippen MR) is 66.8 cm³/mol. The molecule has 0 radical (unpaired) electrons. The second kappa shape index (κ2) is 4.94. The summed E-state index contributed by atoms with van der Waals surface area (Å²) >= 11 is 0. The first-order valence-corrected chi connectivity index (χ1v) is 6.64. The minimum absolute atomic E-state index is 0.144. The molecule has 1 aliphatic carbocycles. The number of piperazine rings is 1. The molecule has 98 valence electrons. The van der Waals surface area contributed by atoms with Gasteiger partial charge in [-0.2, -0.15) is 0 Å². The Balaban J connectivity index is 1.91. The summed E-state index contributed by atoms with van der Waals surface area (Å²) in [5, 5.41) is 3.44. The molecule has 4 nitrogen and oxygen atoms in total. The van der Waals surface area contributed by atoms with Gasteiger partial charge in [0.05, 0.1) is 12.0 Å². The van der Waals surface area contributed by atoms with Crippen molar-refractivity contribution >= 4 is 5.91 Å². The van der Waals surface area contributed by atoms with Gasteiger partial charge in [0.25, 0.3) is 0 Å². The van der Waals surface area contributed by atoms with Crippen molar-refractivity contribution in [2.24, 2.45) is 0 Å². The summed E-state index contributed by atoms with van der Waals surface area (Å²) in [5.74, 6) is 0.256. The van der Waals surface area contributed by atoms with Gasteiger partial charge in [-0.05, 0) is 33.1 Å². The van der Waals surface area contributed by atoms with E-state index in [1.807, 2.05) is 4.90 Å². The van der Waals surface area contributed by atoms with Gasteiger partial charge < -0.3 is 15.0 Å². The van der Waals surface area contributed by atoms with Crippen LogP contribution in [-0.2, 0) is 9.53 Å². The minimum atomic E-state index is -0.144. The van der Waals surface area contributed by atoms with E-state index in [1.165, 1.54) is 6.42 Å². The normalized spacial score (nSPS) is 32.1. The molecule has 2 unspecified atom stereocenters. The number of ether oxygens (including phenoxy) is 1. The van der Waals surface area contributed by atoms with E-state index < -0.39 is 0 Å². The SMILES string of the molecule is COC1(CC(=O)N2CC(C)NC(C)C2)CCC1. The lowest BCUT2D eigenvalue weighted by Crippen LogP contribution is -2.57. The molecule has 1 saturated heterocycles. The lowest BCUT2D eigenvalue weighted by atomic mass is 9.77. The second-order valence-corrected chi connectivity index (χ2v) is 5.68. The summed E-state index contributed by atoms with van der Waals surface area (Å²) in [4.78, 5) is 14.3. The van der Waals surface area contributed by atoms with Gasteiger partial charge >= 0.3 is 0 Å². The largest absolute Gasteiger partial charge is 0.378 e. The highest BCUT2D eigenvalue weighted by molar-refractivity contribution is 5.77. The fourth-order valence-corrected chi connectivity index (χ4v) is 2.94. The van der Waals surface area contributed by atoms with Crippen molar-refractivity contribution in [2.45, 2.75) is 57.2 Å². The third-order valence-electron chi connectivity index (χ3n) is 4.08. The Labute approximate surface area is 104 Å². The van der Waals surface area contributed by atoms with Crippen LogP contribution in [0.4, 0.5) is 0 Å². The highest BCUT2D eigenvalue weighted by Gasteiger charge is 2.40. The maximum Gasteiger partial charge on any atom is 0.225 e. The summed E-state index contributed by atoms with van der Waals surface area (Å²) in [6, 6.07) is 0.783. The van der Waals surface area contributed by atoms with Gasteiger partial charge in [0.15, 0.2) is 0 Å². The molecular weight excluding hydrogens is 216 g/mol. The van der Waals surface area contributed by atoms with Crippen molar-refractivity contribution in [1.29, 1.82) is 0 Å². The molecule has 0 spiro atoms. The van der Waals surface area contributed by atoms with E-state index in [1.54, 1.807) is 7.11 Å². The Hall–Kier alpha value is -0.610. The first kappa shape index (κ1) is 12.8. The van der Waals surface area contributed by atoms with Crippen LogP contribution in [0.3, 0.4) is 0 Å². The summed E-state index contributed by atoms with van der Waals surface area (Å²) in [7, 11) is 1.73. The number of nitrogens with zero attached hydrogens (tertiary/aromatic N) is 1. The fraction of sp³-hybridized carbons (Fsp3) is 0.923. The van der Waals surface area contributed by atoms with Gasteiger partial charge in [-0.15, -0.1) is 0 Å². The number of methoxy groups -OCH3 is 1. The van der Waals surface area contributed by atoms with Crippen molar-refractivity contribution < 1.29 is 9.53 Å². The van der Waals surface area contributed by atoms with Crippen LogP contribution in [-0.4, -0.2) is 48.7 Å². The van der Waals surface area contributed by atoms with Crippen LogP contribution in [0, 0.1) is 0 Å². The second-order valence-electron chi connectivity index (χ2n) is 5.68. The summed E-state index contributed by atoms with van der Waals surface area (Å²) in [6.45, 7) is 5.91. The summed E-state index contributed by atoms with van der Waals surface area (Å²) in [6.07, 6.45) is 3.82. The van der Waals surface area contributed by atoms with Crippen molar-refractivity contribution in [2.75, 3.05) is 20.2 Å². The topological polar surface area (TPSA) is 41.6 Å². The molecule has 1 heterocycles. The number of hydrogen-bond acceptors (Lipinski definition) is 3. The highest BCUT2D eigenvalue weighted by Crippen LogP contribution is 2.38. The number of amides is 1. The maximum absolute atomic E-state index is 12.3. The van der Waals surface area contributed by atoms with E-state index in [-0.39, 0.29) is 11.5 Å². The van der Waals surface area contributed by atoms with Crippen LogP contribution < -0.4 is 5.32 Å². The number of hydrogen-bond donors (Lipinski definition) is 1. The van der Waals surface area contributed by atoms with Crippen molar-refractivity contribution in [3.8, 4) is 0 Å². The van der Waals surface area contributed by atoms with E-state index in [0.29, 0.717) is 18.5 Å². The first-order valence-electron chi connectivity index (χ1n) is 6.64. The Kier molecular flexibility index (Phi) is 3.73. The summed E-state index contributed by atoms with van der Waals surface area (Å²) < 4.78 is 5.53. The third-order valence-corrected chi connectivity index (χ3v) is 4.08. The number of rotatable bonds is 3. The molecule has 0 aromatic rings. The zero-order valence-corrected chi connectivity index (χ0v) is 11.2. The summed E-state index contributed by atoms with van der Waals surface area (Å²) in [5.41, 5.74) is -0.144. The average Bonchev–Trinajstić information content (AvgIpc) is 2.21. The van der Waals surface area contributed by atoms with E-state index >= 15 is 0 Å². The van der Waals surface area contributed by atoms with Crippen molar-refractivity contribution in [3.63, 3.8) is 0 Å². The quantitative estimate of drug-likeness (QED) is 0.804. The molecule has 17 heavy (non-hydrogen) atoms. The highest BCUT2D eigenvalue weighted by atomic mass is 16.5. The average molecular weight is 240 g/mol. The zero-order valence-electron chi connectivity index (χ0n) is 11.2. The molecule has 1 N–H and O–H groups in total. The molecule has 2 aliphatic rings. The Morgan fingerprint density at radius 3 is 2.35 bits per heavy atom. The molecule has 4 heteroatoms. The molecular formula is C13H24N2O2. The van der Waals surface area contributed by atoms with Crippen LogP contribution in [0.1, 0.15) is 39.5 Å².